The molecule has 3 heteroatoms. The van der Waals surface area contributed by atoms with Crippen molar-refractivity contribution in [3.8, 4) is 5.75 Å². The molecule has 0 bridgehead atoms. The Bertz CT molecular complexity index is 606. The summed E-state index contributed by atoms with van der Waals surface area (Å²) >= 11 is 0. The van der Waals surface area contributed by atoms with Crippen molar-refractivity contribution in [2.75, 3.05) is 6.61 Å². The second kappa shape index (κ2) is 4.20. The van der Waals surface area contributed by atoms with Crippen molar-refractivity contribution in [2.45, 2.75) is 37.4 Å². The highest BCUT2D eigenvalue weighted by molar-refractivity contribution is 5.79. The van der Waals surface area contributed by atoms with Crippen molar-refractivity contribution < 1.29 is 9.47 Å². The Labute approximate surface area is 112 Å². The Hall–Kier alpha value is -1.61. The number of benzene rings is 1. The molecule has 1 aliphatic heterocycles. The Morgan fingerprint density at radius 3 is 3.05 bits per heavy atom. The lowest BCUT2D eigenvalue weighted by atomic mass is 10.2. The average Bonchev–Trinajstić information content (AvgIpc) is 3.08. The molecule has 0 amide bonds. The van der Waals surface area contributed by atoms with Crippen LogP contribution in [0.15, 0.2) is 36.5 Å². The minimum Gasteiger partial charge on any atom is -0.491 e. The third kappa shape index (κ3) is 2.19. The lowest BCUT2D eigenvalue weighted by molar-refractivity contribution is 0.00383. The van der Waals surface area contributed by atoms with Crippen LogP contribution in [0.25, 0.3) is 10.9 Å². The highest BCUT2D eigenvalue weighted by Crippen LogP contribution is 2.49. The minimum atomic E-state index is 0.249. The summed E-state index contributed by atoms with van der Waals surface area (Å²) in [6.45, 7) is 0.653. The molecular weight excluding hydrogens is 238 g/mol. The molecule has 1 aromatic heterocycles. The van der Waals surface area contributed by atoms with Gasteiger partial charge in [0, 0.05) is 17.6 Å². The highest BCUT2D eigenvalue weighted by Gasteiger charge is 2.49. The van der Waals surface area contributed by atoms with E-state index in [4.69, 9.17) is 9.47 Å². The maximum Gasteiger partial charge on any atom is 0.121 e. The second-order valence-corrected chi connectivity index (χ2v) is 5.63. The Morgan fingerprint density at radius 2 is 2.21 bits per heavy atom. The van der Waals surface area contributed by atoms with Gasteiger partial charge < -0.3 is 9.47 Å². The van der Waals surface area contributed by atoms with Crippen molar-refractivity contribution in [3.63, 3.8) is 0 Å². The Kier molecular flexibility index (Phi) is 2.49. The van der Waals surface area contributed by atoms with Gasteiger partial charge in [0.1, 0.15) is 12.4 Å². The second-order valence-electron chi connectivity index (χ2n) is 5.63. The zero-order valence-electron chi connectivity index (χ0n) is 10.8. The fourth-order valence-corrected chi connectivity index (χ4v) is 2.85. The van der Waals surface area contributed by atoms with Gasteiger partial charge in [0.05, 0.1) is 17.2 Å². The van der Waals surface area contributed by atoms with Crippen LogP contribution < -0.4 is 4.74 Å². The summed E-state index contributed by atoms with van der Waals surface area (Å²) in [5.41, 5.74) is 1.23. The van der Waals surface area contributed by atoms with Crippen LogP contribution in [0, 0.1) is 0 Å². The summed E-state index contributed by atoms with van der Waals surface area (Å²) < 4.78 is 11.9. The van der Waals surface area contributed by atoms with Gasteiger partial charge in [0.25, 0.3) is 0 Å². The molecule has 0 unspecified atom stereocenters. The Morgan fingerprint density at radius 1 is 1.26 bits per heavy atom. The largest absolute Gasteiger partial charge is 0.491 e. The summed E-state index contributed by atoms with van der Waals surface area (Å²) in [6.07, 6.45) is 6.89. The van der Waals surface area contributed by atoms with Gasteiger partial charge in [0.2, 0.25) is 0 Å². The molecule has 0 radical (unpaired) electrons. The lowest BCUT2D eigenvalue weighted by Crippen LogP contribution is -2.19. The van der Waals surface area contributed by atoms with Crippen LogP contribution in [-0.4, -0.2) is 23.3 Å². The van der Waals surface area contributed by atoms with Crippen molar-refractivity contribution in [3.05, 3.63) is 36.5 Å². The molecule has 4 rings (SSSR count). The first-order valence-corrected chi connectivity index (χ1v) is 6.98. The van der Waals surface area contributed by atoms with E-state index in [0.717, 1.165) is 23.1 Å². The fourth-order valence-electron chi connectivity index (χ4n) is 2.85. The molecule has 2 fully saturated rings. The van der Waals surface area contributed by atoms with Crippen LogP contribution in [0.5, 0.6) is 5.75 Å². The molecule has 1 spiro atoms. The van der Waals surface area contributed by atoms with E-state index in [2.05, 4.69) is 17.1 Å². The van der Waals surface area contributed by atoms with Crippen LogP contribution in [0.1, 0.15) is 25.7 Å². The quantitative estimate of drug-likeness (QED) is 0.843. The molecule has 1 aliphatic carbocycles. The molecule has 1 saturated carbocycles. The zero-order chi connectivity index (χ0) is 12.7. The number of pyridine rings is 1. The standard InChI is InChI=1S/C16H17NO2/c1-2-12-3-4-13(10-15(12)17-9-1)18-11-14-5-6-16(19-14)7-8-16/h1-4,9-10,14H,5-8,11H2/t14-/m1/s1. The maximum absolute atomic E-state index is 6.03. The van der Waals surface area contributed by atoms with Crippen LogP contribution in [0.2, 0.25) is 0 Å². The van der Waals surface area contributed by atoms with E-state index in [9.17, 15) is 0 Å². The van der Waals surface area contributed by atoms with E-state index < -0.39 is 0 Å². The number of aromatic nitrogens is 1. The van der Waals surface area contributed by atoms with E-state index in [-0.39, 0.29) is 11.7 Å². The normalized spacial score (nSPS) is 23.9. The van der Waals surface area contributed by atoms with Gasteiger partial charge in [-0.3, -0.25) is 4.98 Å². The van der Waals surface area contributed by atoms with Gasteiger partial charge in [-0.25, -0.2) is 0 Å². The van der Waals surface area contributed by atoms with Crippen molar-refractivity contribution in [1.29, 1.82) is 0 Å². The first-order valence-electron chi connectivity index (χ1n) is 6.98. The van der Waals surface area contributed by atoms with Gasteiger partial charge in [0.15, 0.2) is 0 Å². The first kappa shape index (κ1) is 11.2. The summed E-state index contributed by atoms with van der Waals surface area (Å²) in [6, 6.07) is 10.1. The van der Waals surface area contributed by atoms with E-state index >= 15 is 0 Å². The van der Waals surface area contributed by atoms with Crippen LogP contribution >= 0.6 is 0 Å². The molecule has 2 aliphatic rings. The molecule has 0 N–H and O–H groups in total. The lowest BCUT2D eigenvalue weighted by Gasteiger charge is -2.14. The molecule has 1 atom stereocenters. The third-order valence-corrected chi connectivity index (χ3v) is 4.16. The van der Waals surface area contributed by atoms with Crippen LogP contribution in [0.3, 0.4) is 0 Å². The molecule has 2 heterocycles. The van der Waals surface area contributed by atoms with Gasteiger partial charge in [-0.2, -0.15) is 0 Å². The van der Waals surface area contributed by atoms with Crippen LogP contribution in [-0.2, 0) is 4.74 Å². The number of nitrogens with zero attached hydrogens (tertiary/aromatic N) is 1. The number of fused-ring (bicyclic) bond motifs is 1. The van der Waals surface area contributed by atoms with Gasteiger partial charge in [-0.05, 0) is 43.9 Å². The molecule has 19 heavy (non-hydrogen) atoms. The van der Waals surface area contributed by atoms with E-state index in [1.165, 1.54) is 19.3 Å². The molecule has 3 nitrogen and oxygen atoms in total. The van der Waals surface area contributed by atoms with Crippen LogP contribution in [0.4, 0.5) is 0 Å². The summed E-state index contributed by atoms with van der Waals surface area (Å²) in [7, 11) is 0. The molecule has 1 saturated heterocycles. The van der Waals surface area contributed by atoms with Crippen molar-refractivity contribution >= 4 is 10.9 Å². The topological polar surface area (TPSA) is 31.4 Å². The smallest absolute Gasteiger partial charge is 0.121 e. The maximum atomic E-state index is 6.03. The van der Waals surface area contributed by atoms with E-state index in [1.807, 2.05) is 24.4 Å². The summed E-state index contributed by atoms with van der Waals surface area (Å²) in [5, 5.41) is 1.14. The molecule has 2 aromatic rings. The third-order valence-electron chi connectivity index (χ3n) is 4.16. The predicted octanol–water partition coefficient (Wildman–Crippen LogP) is 3.33. The fraction of sp³-hybridized carbons (Fsp3) is 0.438. The monoisotopic (exact) mass is 255 g/mol. The Balaban J connectivity index is 1.43. The average molecular weight is 255 g/mol. The number of hydrogen-bond acceptors (Lipinski definition) is 3. The van der Waals surface area contributed by atoms with Gasteiger partial charge in [-0.1, -0.05) is 6.07 Å². The molecule has 98 valence electrons. The van der Waals surface area contributed by atoms with Crippen molar-refractivity contribution in [2.24, 2.45) is 0 Å². The minimum absolute atomic E-state index is 0.249. The van der Waals surface area contributed by atoms with E-state index in [1.54, 1.807) is 0 Å². The van der Waals surface area contributed by atoms with Gasteiger partial charge >= 0.3 is 0 Å². The SMILES string of the molecule is c1cnc2cc(OC[C@H]3CCC4(CC4)O3)ccc2c1. The number of hydrogen-bond donors (Lipinski definition) is 0. The molecule has 1 aromatic carbocycles. The first-order chi connectivity index (χ1) is 9.33. The number of ether oxygens (including phenoxy) is 2. The summed E-state index contributed by atoms with van der Waals surface area (Å²) in [4.78, 5) is 4.34. The zero-order valence-corrected chi connectivity index (χ0v) is 10.8. The molecular formula is C16H17NO2. The predicted molar refractivity (Wildman–Crippen MR) is 73.3 cm³/mol. The van der Waals surface area contributed by atoms with E-state index in [0.29, 0.717) is 6.61 Å². The highest BCUT2D eigenvalue weighted by atomic mass is 16.6. The van der Waals surface area contributed by atoms with Gasteiger partial charge in [-0.15, -0.1) is 0 Å². The van der Waals surface area contributed by atoms with Crippen molar-refractivity contribution in [1.82, 2.24) is 4.98 Å². The summed E-state index contributed by atoms with van der Waals surface area (Å²) in [5.74, 6) is 0.881. The number of rotatable bonds is 3.